The molecule has 1 heterocycles. The van der Waals surface area contributed by atoms with Crippen LogP contribution >= 0.6 is 0 Å². The molecule has 2 rings (SSSR count). The molecular weight excluding hydrogens is 160 g/mol. The molecule has 1 aliphatic heterocycles. The smallest absolute Gasteiger partial charge is 0.0198 e. The second-order valence-corrected chi connectivity index (χ2v) is 4.91. The summed E-state index contributed by atoms with van der Waals surface area (Å²) in [6, 6.07) is 2.46. The first kappa shape index (κ1) is 9.47. The van der Waals surface area contributed by atoms with Crippen LogP contribution in [0.4, 0.5) is 0 Å². The number of rotatable bonds is 2. The van der Waals surface area contributed by atoms with Gasteiger partial charge in [0.2, 0.25) is 0 Å². The molecule has 0 aromatic heterocycles. The van der Waals surface area contributed by atoms with E-state index in [0.717, 1.165) is 18.1 Å². The van der Waals surface area contributed by atoms with Gasteiger partial charge >= 0.3 is 0 Å². The van der Waals surface area contributed by atoms with E-state index in [1.54, 1.807) is 0 Å². The van der Waals surface area contributed by atoms with E-state index < -0.39 is 0 Å². The second kappa shape index (κ2) is 3.58. The van der Waals surface area contributed by atoms with Crippen LogP contribution in [0.25, 0.3) is 0 Å². The van der Waals surface area contributed by atoms with Crippen LogP contribution in [0, 0.1) is 0 Å². The molecule has 1 atom stereocenters. The van der Waals surface area contributed by atoms with Crippen molar-refractivity contribution in [3.05, 3.63) is 0 Å². The van der Waals surface area contributed by atoms with Crippen LogP contribution in [0.1, 0.15) is 33.6 Å². The van der Waals surface area contributed by atoms with Crippen LogP contribution in [0.15, 0.2) is 0 Å². The summed E-state index contributed by atoms with van der Waals surface area (Å²) in [6.45, 7) is 10.8. The minimum Gasteiger partial charge on any atom is -0.298 e. The summed E-state index contributed by atoms with van der Waals surface area (Å²) >= 11 is 0. The van der Waals surface area contributed by atoms with E-state index in [-0.39, 0.29) is 0 Å². The first-order valence-corrected chi connectivity index (χ1v) is 5.68. The van der Waals surface area contributed by atoms with Crippen molar-refractivity contribution >= 4 is 0 Å². The van der Waals surface area contributed by atoms with Gasteiger partial charge in [-0.15, -0.1) is 0 Å². The molecule has 0 aromatic carbocycles. The monoisotopic (exact) mass is 182 g/mol. The lowest BCUT2D eigenvalue weighted by Gasteiger charge is -2.41. The van der Waals surface area contributed by atoms with Crippen LogP contribution in [0.5, 0.6) is 0 Å². The van der Waals surface area contributed by atoms with Crippen molar-refractivity contribution in [2.24, 2.45) is 0 Å². The maximum absolute atomic E-state index is 2.71. The van der Waals surface area contributed by atoms with E-state index in [0.29, 0.717) is 0 Å². The standard InChI is InChI=1S/C11H22N2/c1-9(2)12-6-7-13(10(3)8-12)11-4-5-11/h9-11H,4-8H2,1-3H3. The minimum absolute atomic E-state index is 0.726. The van der Waals surface area contributed by atoms with Crippen molar-refractivity contribution < 1.29 is 0 Å². The number of nitrogens with zero attached hydrogens (tertiary/aromatic N) is 2. The lowest BCUT2D eigenvalue weighted by molar-refractivity contribution is 0.0594. The fourth-order valence-electron chi connectivity index (χ4n) is 2.42. The molecule has 0 bridgehead atoms. The Morgan fingerprint density at radius 1 is 1.15 bits per heavy atom. The van der Waals surface area contributed by atoms with E-state index in [1.807, 2.05) is 0 Å². The van der Waals surface area contributed by atoms with Gasteiger partial charge in [0.25, 0.3) is 0 Å². The number of hydrogen-bond donors (Lipinski definition) is 0. The highest BCUT2D eigenvalue weighted by Gasteiger charge is 2.35. The molecule has 0 amide bonds. The highest BCUT2D eigenvalue weighted by molar-refractivity contribution is 4.91. The van der Waals surface area contributed by atoms with Crippen LogP contribution in [0.2, 0.25) is 0 Å². The van der Waals surface area contributed by atoms with Crippen molar-refractivity contribution in [1.29, 1.82) is 0 Å². The van der Waals surface area contributed by atoms with Gasteiger partial charge < -0.3 is 0 Å². The normalized spacial score (nSPS) is 32.8. The third-order valence-corrected chi connectivity index (χ3v) is 3.46. The summed E-state index contributed by atoms with van der Waals surface area (Å²) in [7, 11) is 0. The molecule has 13 heavy (non-hydrogen) atoms. The SMILES string of the molecule is CC(C)N1CCN(C2CC2)C(C)C1. The molecule has 2 heteroatoms. The molecular formula is C11H22N2. The Kier molecular flexibility index (Phi) is 2.61. The zero-order valence-corrected chi connectivity index (χ0v) is 9.16. The van der Waals surface area contributed by atoms with Gasteiger partial charge in [-0.1, -0.05) is 0 Å². The highest BCUT2D eigenvalue weighted by Crippen LogP contribution is 2.30. The van der Waals surface area contributed by atoms with Gasteiger partial charge in [-0.3, -0.25) is 9.80 Å². The molecule has 0 N–H and O–H groups in total. The van der Waals surface area contributed by atoms with E-state index in [4.69, 9.17) is 0 Å². The van der Waals surface area contributed by atoms with E-state index in [9.17, 15) is 0 Å². The van der Waals surface area contributed by atoms with Crippen LogP contribution < -0.4 is 0 Å². The first-order chi connectivity index (χ1) is 6.18. The third kappa shape index (κ3) is 2.05. The highest BCUT2D eigenvalue weighted by atomic mass is 15.3. The Morgan fingerprint density at radius 2 is 1.85 bits per heavy atom. The Labute approximate surface area is 81.9 Å². The van der Waals surface area contributed by atoms with Crippen LogP contribution in [0.3, 0.4) is 0 Å². The molecule has 1 aliphatic carbocycles. The average molecular weight is 182 g/mol. The van der Waals surface area contributed by atoms with Crippen molar-refractivity contribution in [2.75, 3.05) is 19.6 Å². The Morgan fingerprint density at radius 3 is 2.31 bits per heavy atom. The predicted octanol–water partition coefficient (Wildman–Crippen LogP) is 1.56. The average Bonchev–Trinajstić information content (AvgIpc) is 2.87. The van der Waals surface area contributed by atoms with E-state index >= 15 is 0 Å². The lowest BCUT2D eigenvalue weighted by Crippen LogP contribution is -2.54. The van der Waals surface area contributed by atoms with E-state index in [1.165, 1.54) is 32.5 Å². The first-order valence-electron chi connectivity index (χ1n) is 5.68. The molecule has 0 radical (unpaired) electrons. The molecule has 76 valence electrons. The zero-order valence-electron chi connectivity index (χ0n) is 9.16. The molecule has 0 spiro atoms. The van der Waals surface area contributed by atoms with E-state index in [2.05, 4.69) is 30.6 Å². The summed E-state index contributed by atoms with van der Waals surface area (Å²) in [5, 5.41) is 0. The lowest BCUT2D eigenvalue weighted by atomic mass is 10.1. The van der Waals surface area contributed by atoms with Gasteiger partial charge in [0.15, 0.2) is 0 Å². The number of hydrogen-bond acceptors (Lipinski definition) is 2. The van der Waals surface area contributed by atoms with Gasteiger partial charge in [-0.2, -0.15) is 0 Å². The minimum atomic E-state index is 0.726. The third-order valence-electron chi connectivity index (χ3n) is 3.46. The molecule has 2 fully saturated rings. The molecule has 1 saturated carbocycles. The second-order valence-electron chi connectivity index (χ2n) is 4.91. The van der Waals surface area contributed by atoms with Crippen molar-refractivity contribution in [1.82, 2.24) is 9.80 Å². The maximum Gasteiger partial charge on any atom is 0.0198 e. The van der Waals surface area contributed by atoms with Crippen LogP contribution in [-0.2, 0) is 0 Å². The fourth-order valence-corrected chi connectivity index (χ4v) is 2.42. The quantitative estimate of drug-likeness (QED) is 0.639. The Hall–Kier alpha value is -0.0800. The predicted molar refractivity (Wildman–Crippen MR) is 55.9 cm³/mol. The van der Waals surface area contributed by atoms with Crippen molar-refractivity contribution in [2.45, 2.75) is 51.7 Å². The fraction of sp³-hybridized carbons (Fsp3) is 1.00. The van der Waals surface area contributed by atoms with Crippen molar-refractivity contribution in [3.63, 3.8) is 0 Å². The largest absolute Gasteiger partial charge is 0.298 e. The molecule has 1 unspecified atom stereocenters. The Bertz CT molecular complexity index is 175. The maximum atomic E-state index is 2.71. The Balaban J connectivity index is 1.87. The van der Waals surface area contributed by atoms with Crippen LogP contribution in [-0.4, -0.2) is 47.6 Å². The van der Waals surface area contributed by atoms with Crippen molar-refractivity contribution in [3.8, 4) is 0 Å². The number of piperazine rings is 1. The molecule has 2 aliphatic rings. The van der Waals surface area contributed by atoms with Gasteiger partial charge in [0.05, 0.1) is 0 Å². The van der Waals surface area contributed by atoms with Gasteiger partial charge in [0.1, 0.15) is 0 Å². The summed E-state index contributed by atoms with van der Waals surface area (Å²) < 4.78 is 0. The topological polar surface area (TPSA) is 6.48 Å². The molecule has 0 aromatic rings. The zero-order chi connectivity index (χ0) is 9.42. The van der Waals surface area contributed by atoms with Gasteiger partial charge in [-0.25, -0.2) is 0 Å². The summed E-state index contributed by atoms with van der Waals surface area (Å²) in [5.41, 5.74) is 0. The summed E-state index contributed by atoms with van der Waals surface area (Å²) in [6.07, 6.45) is 2.90. The van der Waals surface area contributed by atoms with Gasteiger partial charge in [-0.05, 0) is 33.6 Å². The molecule has 1 saturated heterocycles. The summed E-state index contributed by atoms with van der Waals surface area (Å²) in [4.78, 5) is 5.31. The van der Waals surface area contributed by atoms with Gasteiger partial charge in [0, 0.05) is 37.8 Å². The summed E-state index contributed by atoms with van der Waals surface area (Å²) in [5.74, 6) is 0. The molecule has 2 nitrogen and oxygen atoms in total.